The summed E-state index contributed by atoms with van der Waals surface area (Å²) in [6.07, 6.45) is 1.93. The van der Waals surface area contributed by atoms with Crippen LogP contribution in [0.3, 0.4) is 0 Å². The molecule has 1 aliphatic heterocycles. The van der Waals surface area contributed by atoms with Gasteiger partial charge in [-0.05, 0) is 31.0 Å². The number of benzene rings is 1. The molecule has 1 unspecified atom stereocenters. The van der Waals surface area contributed by atoms with Gasteiger partial charge in [0.05, 0.1) is 18.1 Å². The van der Waals surface area contributed by atoms with Gasteiger partial charge in [0, 0.05) is 17.6 Å². The minimum absolute atomic E-state index is 0.00954. The average molecular weight is 333 g/mol. The fraction of sp³-hybridized carbons (Fsp3) is 0.462. The van der Waals surface area contributed by atoms with Crippen molar-refractivity contribution in [1.82, 2.24) is 4.90 Å². The molecule has 1 atom stereocenters. The summed E-state index contributed by atoms with van der Waals surface area (Å²) < 4.78 is 6.15. The maximum Gasteiger partial charge on any atom is 0.257 e. The minimum atomic E-state index is -0.00954. The van der Waals surface area contributed by atoms with Gasteiger partial charge in [-0.25, -0.2) is 0 Å². The van der Waals surface area contributed by atoms with E-state index in [9.17, 15) is 4.79 Å². The number of piperidine rings is 1. The van der Waals surface area contributed by atoms with Crippen LogP contribution in [0.1, 0.15) is 23.2 Å². The van der Waals surface area contributed by atoms with Crippen molar-refractivity contribution in [1.29, 1.82) is 0 Å². The Labute approximate surface area is 120 Å². The maximum absolute atomic E-state index is 12.4. The molecule has 0 radical (unpaired) electrons. The van der Waals surface area contributed by atoms with Crippen LogP contribution < -0.4 is 4.74 Å². The van der Waals surface area contributed by atoms with Gasteiger partial charge in [-0.2, -0.15) is 0 Å². The van der Waals surface area contributed by atoms with Crippen molar-refractivity contribution < 1.29 is 9.53 Å². The number of rotatable bonds is 2. The molecule has 2 rings (SSSR count). The lowest BCUT2D eigenvalue weighted by molar-refractivity contribution is 0.0723. The number of nitrogens with zero attached hydrogens (tertiary/aromatic N) is 1. The third-order valence-corrected chi connectivity index (χ3v) is 3.89. The molecular weight excluding hydrogens is 318 g/mol. The SMILES string of the molecule is COc1cc(Br)ccc1C(=O)N1CCCC(Cl)C1. The van der Waals surface area contributed by atoms with Crippen LogP contribution in [0.2, 0.25) is 0 Å². The Hall–Kier alpha value is -0.740. The van der Waals surface area contributed by atoms with E-state index in [1.54, 1.807) is 24.1 Å². The van der Waals surface area contributed by atoms with Gasteiger partial charge in [-0.1, -0.05) is 15.9 Å². The number of alkyl halides is 1. The fourth-order valence-electron chi connectivity index (χ4n) is 2.12. The van der Waals surface area contributed by atoms with Crippen molar-refractivity contribution in [2.75, 3.05) is 20.2 Å². The van der Waals surface area contributed by atoms with E-state index in [2.05, 4.69) is 15.9 Å². The van der Waals surface area contributed by atoms with E-state index in [1.807, 2.05) is 6.07 Å². The van der Waals surface area contributed by atoms with E-state index in [1.165, 1.54) is 0 Å². The van der Waals surface area contributed by atoms with Crippen molar-refractivity contribution >= 4 is 33.4 Å². The van der Waals surface area contributed by atoms with E-state index < -0.39 is 0 Å². The average Bonchev–Trinajstić information content (AvgIpc) is 2.37. The summed E-state index contributed by atoms with van der Waals surface area (Å²) in [6.45, 7) is 1.38. The predicted octanol–water partition coefficient (Wildman–Crippen LogP) is 3.30. The third kappa shape index (κ3) is 2.98. The van der Waals surface area contributed by atoms with Gasteiger partial charge in [0.1, 0.15) is 5.75 Å². The van der Waals surface area contributed by atoms with Crippen LogP contribution in [-0.2, 0) is 0 Å². The van der Waals surface area contributed by atoms with Crippen molar-refractivity contribution in [3.8, 4) is 5.75 Å². The summed E-state index contributed by atoms with van der Waals surface area (Å²) in [7, 11) is 1.57. The lowest BCUT2D eigenvalue weighted by Gasteiger charge is -2.30. The molecule has 0 bridgehead atoms. The first kappa shape index (κ1) is 13.7. The molecule has 1 aromatic rings. The number of carbonyl (C=O) groups is 1. The molecule has 0 aliphatic carbocycles. The monoisotopic (exact) mass is 331 g/mol. The zero-order valence-electron chi connectivity index (χ0n) is 10.2. The predicted molar refractivity (Wildman–Crippen MR) is 75.5 cm³/mol. The number of amides is 1. The first-order valence-corrected chi connectivity index (χ1v) is 7.11. The van der Waals surface area contributed by atoms with Gasteiger partial charge in [0.15, 0.2) is 0 Å². The second-order valence-corrected chi connectivity index (χ2v) is 5.87. The van der Waals surface area contributed by atoms with Gasteiger partial charge < -0.3 is 9.64 Å². The minimum Gasteiger partial charge on any atom is -0.496 e. The van der Waals surface area contributed by atoms with Crippen LogP contribution in [0.5, 0.6) is 5.75 Å². The molecule has 1 aromatic carbocycles. The Morgan fingerprint density at radius 2 is 2.33 bits per heavy atom. The summed E-state index contributed by atoms with van der Waals surface area (Å²) in [5, 5.41) is 0.0594. The summed E-state index contributed by atoms with van der Waals surface area (Å²) in [5.74, 6) is 0.579. The molecule has 1 amide bonds. The zero-order chi connectivity index (χ0) is 13.1. The Morgan fingerprint density at radius 1 is 1.56 bits per heavy atom. The maximum atomic E-state index is 12.4. The van der Waals surface area contributed by atoms with E-state index in [4.69, 9.17) is 16.3 Å². The normalized spacial score (nSPS) is 19.7. The number of halogens is 2. The summed E-state index contributed by atoms with van der Waals surface area (Å²) in [4.78, 5) is 14.2. The highest BCUT2D eigenvalue weighted by molar-refractivity contribution is 9.10. The lowest BCUT2D eigenvalue weighted by atomic mass is 10.1. The highest BCUT2D eigenvalue weighted by Gasteiger charge is 2.25. The molecule has 98 valence electrons. The number of hydrogen-bond donors (Lipinski definition) is 0. The summed E-state index contributed by atoms with van der Waals surface area (Å²) in [6, 6.07) is 5.43. The van der Waals surface area contributed by atoms with Gasteiger partial charge in [-0.3, -0.25) is 4.79 Å². The molecular formula is C13H15BrClNO2. The summed E-state index contributed by atoms with van der Waals surface area (Å²) >= 11 is 9.47. The Morgan fingerprint density at radius 3 is 3.00 bits per heavy atom. The quantitative estimate of drug-likeness (QED) is 0.778. The standard InChI is InChI=1S/C13H15BrClNO2/c1-18-12-7-9(14)4-5-11(12)13(17)16-6-2-3-10(15)8-16/h4-5,7,10H,2-3,6,8H2,1H3. The number of ether oxygens (including phenoxy) is 1. The van der Waals surface area contributed by atoms with Crippen molar-refractivity contribution in [2.24, 2.45) is 0 Å². The molecule has 1 fully saturated rings. The number of hydrogen-bond acceptors (Lipinski definition) is 2. The van der Waals surface area contributed by atoms with E-state index in [-0.39, 0.29) is 11.3 Å². The lowest BCUT2D eigenvalue weighted by Crippen LogP contribution is -2.40. The topological polar surface area (TPSA) is 29.5 Å². The van der Waals surface area contributed by atoms with E-state index in [0.29, 0.717) is 17.9 Å². The number of methoxy groups -OCH3 is 1. The first-order valence-electron chi connectivity index (χ1n) is 5.88. The van der Waals surface area contributed by atoms with Crippen LogP contribution in [0.15, 0.2) is 22.7 Å². The molecule has 0 spiro atoms. The van der Waals surface area contributed by atoms with Crippen molar-refractivity contribution in [3.63, 3.8) is 0 Å². The molecule has 18 heavy (non-hydrogen) atoms. The van der Waals surface area contributed by atoms with Crippen molar-refractivity contribution in [2.45, 2.75) is 18.2 Å². The number of carbonyl (C=O) groups excluding carboxylic acids is 1. The molecule has 1 heterocycles. The molecule has 1 saturated heterocycles. The number of likely N-dealkylation sites (tertiary alicyclic amines) is 1. The Bertz CT molecular complexity index is 453. The molecule has 3 nitrogen and oxygen atoms in total. The second-order valence-electron chi connectivity index (χ2n) is 4.34. The molecule has 0 N–H and O–H groups in total. The largest absolute Gasteiger partial charge is 0.496 e. The van der Waals surface area contributed by atoms with Gasteiger partial charge in [0.2, 0.25) is 0 Å². The van der Waals surface area contributed by atoms with Crippen LogP contribution >= 0.6 is 27.5 Å². The molecule has 0 aromatic heterocycles. The van der Waals surface area contributed by atoms with Gasteiger partial charge in [0.25, 0.3) is 5.91 Å². The van der Waals surface area contributed by atoms with Crippen LogP contribution in [0.25, 0.3) is 0 Å². The highest BCUT2D eigenvalue weighted by Crippen LogP contribution is 2.26. The molecule has 1 aliphatic rings. The van der Waals surface area contributed by atoms with Crippen LogP contribution in [-0.4, -0.2) is 36.4 Å². The smallest absolute Gasteiger partial charge is 0.257 e. The Balaban J connectivity index is 2.22. The fourth-order valence-corrected chi connectivity index (χ4v) is 2.78. The highest BCUT2D eigenvalue weighted by atomic mass is 79.9. The van der Waals surface area contributed by atoms with Crippen LogP contribution in [0, 0.1) is 0 Å². The first-order chi connectivity index (χ1) is 8.61. The molecule has 0 saturated carbocycles. The molecule has 5 heteroatoms. The third-order valence-electron chi connectivity index (χ3n) is 3.05. The second kappa shape index (κ2) is 5.93. The van der Waals surface area contributed by atoms with Crippen LogP contribution in [0.4, 0.5) is 0 Å². The summed E-state index contributed by atoms with van der Waals surface area (Å²) in [5.41, 5.74) is 0.589. The van der Waals surface area contributed by atoms with Gasteiger partial charge >= 0.3 is 0 Å². The zero-order valence-corrected chi connectivity index (χ0v) is 12.5. The van der Waals surface area contributed by atoms with Gasteiger partial charge in [-0.15, -0.1) is 11.6 Å². The Kier molecular flexibility index (Phi) is 4.51. The van der Waals surface area contributed by atoms with Crippen molar-refractivity contribution in [3.05, 3.63) is 28.2 Å². The van der Waals surface area contributed by atoms with E-state index in [0.717, 1.165) is 23.9 Å². The van der Waals surface area contributed by atoms with E-state index >= 15 is 0 Å².